The molecule has 0 amide bonds. The Kier molecular flexibility index (Phi) is 11.4. The Morgan fingerprint density at radius 2 is 1.91 bits per heavy atom. The predicted molar refractivity (Wildman–Crippen MR) is 100 cm³/mol. The molecule has 5 nitrogen and oxygen atoms in total. The van der Waals surface area contributed by atoms with E-state index in [1.807, 2.05) is 20.8 Å². The Morgan fingerprint density at radius 3 is 2.48 bits per heavy atom. The molecule has 0 bridgehead atoms. The lowest BCUT2D eigenvalue weighted by Crippen LogP contribution is -2.38. The van der Waals surface area contributed by atoms with Crippen LogP contribution in [0.25, 0.3) is 0 Å². The van der Waals surface area contributed by atoms with Gasteiger partial charge in [-0.25, -0.2) is 9.38 Å². The lowest BCUT2D eigenvalue weighted by atomic mass is 10.2. The fourth-order valence-corrected chi connectivity index (χ4v) is 1.71. The van der Waals surface area contributed by atoms with Gasteiger partial charge in [0.05, 0.1) is 19.1 Å². The van der Waals surface area contributed by atoms with Gasteiger partial charge in [0, 0.05) is 13.1 Å². The standard InChI is InChI=1S/C16H24FN3O2.HI/c1-4-18-16(19-10-9-15(21)22-12(2)3)20-11-13-5-7-14(17)8-6-13;/h5-8,12H,4,9-11H2,1-3H3,(H2,18,19,20);1H. The van der Waals surface area contributed by atoms with E-state index in [4.69, 9.17) is 4.74 Å². The van der Waals surface area contributed by atoms with Crippen molar-refractivity contribution in [1.82, 2.24) is 10.6 Å². The van der Waals surface area contributed by atoms with Gasteiger partial charge in [0.15, 0.2) is 5.96 Å². The Morgan fingerprint density at radius 1 is 1.26 bits per heavy atom. The highest BCUT2D eigenvalue weighted by molar-refractivity contribution is 14.0. The molecule has 130 valence electrons. The van der Waals surface area contributed by atoms with Crippen LogP contribution in [0.2, 0.25) is 0 Å². The molecule has 1 rings (SSSR count). The second-order valence-corrected chi connectivity index (χ2v) is 5.04. The van der Waals surface area contributed by atoms with E-state index in [9.17, 15) is 9.18 Å². The lowest BCUT2D eigenvalue weighted by molar-refractivity contribution is -0.147. The lowest BCUT2D eigenvalue weighted by Gasteiger charge is -2.12. The van der Waals surface area contributed by atoms with Gasteiger partial charge in [0.25, 0.3) is 0 Å². The van der Waals surface area contributed by atoms with Crippen molar-refractivity contribution in [3.8, 4) is 0 Å². The third-order valence-corrected chi connectivity index (χ3v) is 2.67. The smallest absolute Gasteiger partial charge is 0.307 e. The number of hydrogen-bond acceptors (Lipinski definition) is 3. The quantitative estimate of drug-likeness (QED) is 0.298. The van der Waals surface area contributed by atoms with Crippen molar-refractivity contribution in [2.24, 2.45) is 4.99 Å². The van der Waals surface area contributed by atoms with Crippen LogP contribution in [0.4, 0.5) is 4.39 Å². The first-order valence-electron chi connectivity index (χ1n) is 7.47. The van der Waals surface area contributed by atoms with E-state index in [1.54, 1.807) is 12.1 Å². The molecule has 0 unspecified atom stereocenters. The van der Waals surface area contributed by atoms with E-state index < -0.39 is 0 Å². The summed E-state index contributed by atoms with van der Waals surface area (Å²) < 4.78 is 17.9. The first-order valence-corrected chi connectivity index (χ1v) is 7.47. The number of rotatable bonds is 7. The maximum absolute atomic E-state index is 12.8. The highest BCUT2D eigenvalue weighted by atomic mass is 127. The molecule has 7 heteroatoms. The number of benzene rings is 1. The number of carbonyl (C=O) groups excluding carboxylic acids is 1. The minimum atomic E-state index is -0.263. The molecule has 0 saturated heterocycles. The van der Waals surface area contributed by atoms with Crippen LogP contribution in [0.3, 0.4) is 0 Å². The second-order valence-electron chi connectivity index (χ2n) is 5.04. The highest BCUT2D eigenvalue weighted by Crippen LogP contribution is 2.03. The van der Waals surface area contributed by atoms with Gasteiger partial charge in [-0.1, -0.05) is 12.1 Å². The summed E-state index contributed by atoms with van der Waals surface area (Å²) in [5.74, 6) is 0.113. The van der Waals surface area contributed by atoms with Gasteiger partial charge in [-0.3, -0.25) is 4.79 Å². The summed E-state index contributed by atoms with van der Waals surface area (Å²) in [4.78, 5) is 15.8. The first kappa shape index (κ1) is 21.6. The van der Waals surface area contributed by atoms with Crippen molar-refractivity contribution >= 4 is 35.9 Å². The Labute approximate surface area is 154 Å². The summed E-state index contributed by atoms with van der Waals surface area (Å²) in [6.45, 7) is 7.19. The molecule has 0 aliphatic heterocycles. The number of halogens is 2. The van der Waals surface area contributed by atoms with Crippen molar-refractivity contribution in [3.63, 3.8) is 0 Å². The molecule has 0 aliphatic carbocycles. The number of nitrogens with zero attached hydrogens (tertiary/aromatic N) is 1. The molecular formula is C16H25FIN3O2. The average molecular weight is 437 g/mol. The van der Waals surface area contributed by atoms with Crippen molar-refractivity contribution in [2.75, 3.05) is 13.1 Å². The second kappa shape index (κ2) is 12.1. The van der Waals surface area contributed by atoms with E-state index in [1.165, 1.54) is 12.1 Å². The van der Waals surface area contributed by atoms with Crippen molar-refractivity contribution in [1.29, 1.82) is 0 Å². The number of esters is 1. The summed E-state index contributed by atoms with van der Waals surface area (Å²) >= 11 is 0. The largest absolute Gasteiger partial charge is 0.463 e. The summed E-state index contributed by atoms with van der Waals surface area (Å²) in [7, 11) is 0. The minimum Gasteiger partial charge on any atom is -0.463 e. The fourth-order valence-electron chi connectivity index (χ4n) is 1.71. The van der Waals surface area contributed by atoms with Crippen LogP contribution < -0.4 is 10.6 Å². The number of nitrogens with one attached hydrogen (secondary N) is 2. The number of hydrogen-bond donors (Lipinski definition) is 2. The third-order valence-electron chi connectivity index (χ3n) is 2.67. The summed E-state index contributed by atoms with van der Waals surface area (Å²) in [5, 5.41) is 6.16. The van der Waals surface area contributed by atoms with Crippen LogP contribution in [0.15, 0.2) is 29.3 Å². The zero-order valence-electron chi connectivity index (χ0n) is 13.8. The van der Waals surface area contributed by atoms with Crippen molar-refractivity contribution in [3.05, 3.63) is 35.6 Å². The van der Waals surface area contributed by atoms with E-state index in [-0.39, 0.29) is 48.3 Å². The van der Waals surface area contributed by atoms with Gasteiger partial charge >= 0.3 is 5.97 Å². The molecule has 0 fully saturated rings. The van der Waals surface area contributed by atoms with Crippen LogP contribution in [-0.2, 0) is 16.1 Å². The van der Waals surface area contributed by atoms with Gasteiger partial charge in [0.1, 0.15) is 5.82 Å². The molecule has 0 heterocycles. The zero-order valence-corrected chi connectivity index (χ0v) is 16.1. The van der Waals surface area contributed by atoms with Crippen LogP contribution >= 0.6 is 24.0 Å². The zero-order chi connectivity index (χ0) is 16.4. The maximum atomic E-state index is 12.8. The van der Waals surface area contributed by atoms with E-state index in [2.05, 4.69) is 15.6 Å². The molecule has 1 aromatic carbocycles. The monoisotopic (exact) mass is 437 g/mol. The van der Waals surface area contributed by atoms with Gasteiger partial charge < -0.3 is 15.4 Å². The Bertz CT molecular complexity index is 493. The van der Waals surface area contributed by atoms with Crippen LogP contribution in [0, 0.1) is 5.82 Å². The molecule has 0 aromatic heterocycles. The Balaban J connectivity index is 0.00000484. The van der Waals surface area contributed by atoms with Crippen molar-refractivity contribution in [2.45, 2.75) is 39.8 Å². The number of ether oxygens (including phenoxy) is 1. The van der Waals surface area contributed by atoms with E-state index in [0.29, 0.717) is 25.6 Å². The van der Waals surface area contributed by atoms with Gasteiger partial charge in [0.2, 0.25) is 0 Å². The summed E-state index contributed by atoms with van der Waals surface area (Å²) in [5.41, 5.74) is 0.915. The summed E-state index contributed by atoms with van der Waals surface area (Å²) in [6, 6.07) is 6.21. The van der Waals surface area contributed by atoms with E-state index in [0.717, 1.165) is 5.56 Å². The molecular weight excluding hydrogens is 412 g/mol. The topological polar surface area (TPSA) is 62.7 Å². The average Bonchev–Trinajstić information content (AvgIpc) is 2.45. The SMILES string of the molecule is CCNC(=NCc1ccc(F)cc1)NCCC(=O)OC(C)C.I. The van der Waals surface area contributed by atoms with Crippen LogP contribution in [0.1, 0.15) is 32.8 Å². The van der Waals surface area contributed by atoms with Crippen LogP contribution in [-0.4, -0.2) is 31.1 Å². The number of guanidine groups is 1. The number of carbonyl (C=O) groups is 1. The first-order chi connectivity index (χ1) is 10.5. The molecule has 1 aromatic rings. The molecule has 0 aliphatic rings. The molecule has 0 spiro atoms. The van der Waals surface area contributed by atoms with Crippen molar-refractivity contribution < 1.29 is 13.9 Å². The molecule has 0 saturated carbocycles. The minimum absolute atomic E-state index is 0. The fraction of sp³-hybridized carbons (Fsp3) is 0.500. The van der Waals surface area contributed by atoms with Gasteiger partial charge in [-0.05, 0) is 38.5 Å². The normalized spacial score (nSPS) is 10.9. The van der Waals surface area contributed by atoms with Gasteiger partial charge in [-0.2, -0.15) is 0 Å². The van der Waals surface area contributed by atoms with Crippen LogP contribution in [0.5, 0.6) is 0 Å². The van der Waals surface area contributed by atoms with E-state index >= 15 is 0 Å². The highest BCUT2D eigenvalue weighted by Gasteiger charge is 2.05. The summed E-state index contributed by atoms with van der Waals surface area (Å²) in [6.07, 6.45) is 0.173. The molecule has 0 atom stereocenters. The molecule has 2 N–H and O–H groups in total. The number of aliphatic imine (C=N–C) groups is 1. The third kappa shape index (κ3) is 10.1. The molecule has 0 radical (unpaired) electrons. The Hall–Kier alpha value is -1.38. The predicted octanol–water partition coefficient (Wildman–Crippen LogP) is 2.84. The molecule has 23 heavy (non-hydrogen) atoms. The van der Waals surface area contributed by atoms with Gasteiger partial charge in [-0.15, -0.1) is 24.0 Å². The maximum Gasteiger partial charge on any atom is 0.307 e.